The van der Waals surface area contributed by atoms with Crippen LogP contribution in [0.25, 0.3) is 10.8 Å². The van der Waals surface area contributed by atoms with Gasteiger partial charge < -0.3 is 15.2 Å². The molecule has 1 amide bonds. The number of hydrogen-bond acceptors (Lipinski definition) is 3. The van der Waals surface area contributed by atoms with Crippen molar-refractivity contribution in [1.29, 1.82) is 0 Å². The fourth-order valence-corrected chi connectivity index (χ4v) is 4.49. The molecule has 0 saturated carbocycles. The molecule has 0 spiro atoms. The molecule has 5 heteroatoms. The number of rotatable bonds is 11. The van der Waals surface area contributed by atoms with Crippen LogP contribution in [0.1, 0.15) is 60.1 Å². The third-order valence-corrected chi connectivity index (χ3v) is 6.22. The van der Waals surface area contributed by atoms with Crippen LogP contribution in [0.5, 0.6) is 11.5 Å². The maximum absolute atomic E-state index is 13.7. The Bertz CT molecular complexity index is 1330. The molecule has 184 valence electrons. The van der Waals surface area contributed by atoms with Crippen LogP contribution >= 0.6 is 0 Å². The van der Waals surface area contributed by atoms with Crippen molar-refractivity contribution in [1.82, 2.24) is 5.32 Å². The second-order valence-corrected chi connectivity index (χ2v) is 8.86. The number of carbonyl (C=O) groups excluding carboxylic acids is 1. The molecule has 4 rings (SSSR count). The number of ether oxygens (including phenoxy) is 1. The van der Waals surface area contributed by atoms with Gasteiger partial charge in [0.15, 0.2) is 0 Å². The molecule has 0 heterocycles. The SMILES string of the molecule is CCCC(NC(=O)c1cc(Oc2ccccc2)ccc1CCCC(=O)O)c1cccc2ccccc12. The van der Waals surface area contributed by atoms with Gasteiger partial charge in [0.25, 0.3) is 5.91 Å². The summed E-state index contributed by atoms with van der Waals surface area (Å²) < 4.78 is 5.99. The lowest BCUT2D eigenvalue weighted by Gasteiger charge is -2.22. The minimum Gasteiger partial charge on any atom is -0.481 e. The maximum Gasteiger partial charge on any atom is 0.303 e. The molecule has 0 saturated heterocycles. The standard InChI is InChI=1S/C31H31NO4/c1-2-10-29(27-17-8-12-22-11-6-7-16-26(22)27)32-31(35)28-21-25(36-24-14-4-3-5-15-24)20-19-23(28)13-9-18-30(33)34/h3-8,11-12,14-17,19-21,29H,2,9-10,13,18H2,1H3,(H,32,35)(H,33,34). The molecular formula is C31H31NO4. The smallest absolute Gasteiger partial charge is 0.303 e. The Morgan fingerprint density at radius 2 is 1.64 bits per heavy atom. The number of carboxylic acid groups (broad SMARTS) is 1. The van der Waals surface area contributed by atoms with Gasteiger partial charge in [0.2, 0.25) is 0 Å². The Kier molecular flexibility index (Phi) is 8.35. The molecule has 4 aromatic carbocycles. The first kappa shape index (κ1) is 25.0. The zero-order chi connectivity index (χ0) is 25.3. The van der Waals surface area contributed by atoms with Crippen LogP contribution in [0.3, 0.4) is 0 Å². The number of hydrogen-bond donors (Lipinski definition) is 2. The predicted molar refractivity (Wildman–Crippen MR) is 143 cm³/mol. The topological polar surface area (TPSA) is 75.6 Å². The van der Waals surface area contributed by atoms with Gasteiger partial charge in [-0.05, 0) is 65.4 Å². The van der Waals surface area contributed by atoms with Gasteiger partial charge in [0.05, 0.1) is 6.04 Å². The second kappa shape index (κ2) is 12.0. The molecule has 1 atom stereocenters. The van der Waals surface area contributed by atoms with E-state index in [1.165, 1.54) is 0 Å². The molecule has 0 aromatic heterocycles. The molecule has 5 nitrogen and oxygen atoms in total. The van der Waals surface area contributed by atoms with Crippen molar-refractivity contribution in [3.63, 3.8) is 0 Å². The average molecular weight is 482 g/mol. The number of carbonyl (C=O) groups is 2. The van der Waals surface area contributed by atoms with Gasteiger partial charge in [0.1, 0.15) is 11.5 Å². The lowest BCUT2D eigenvalue weighted by atomic mass is 9.95. The van der Waals surface area contributed by atoms with Crippen LogP contribution in [0.15, 0.2) is 91.0 Å². The van der Waals surface area contributed by atoms with Crippen LogP contribution in [0.2, 0.25) is 0 Å². The van der Waals surface area contributed by atoms with E-state index >= 15 is 0 Å². The van der Waals surface area contributed by atoms with E-state index in [4.69, 9.17) is 9.84 Å². The molecule has 0 bridgehead atoms. The minimum absolute atomic E-state index is 0.0534. The van der Waals surface area contributed by atoms with Crippen LogP contribution < -0.4 is 10.1 Å². The molecule has 2 N–H and O–H groups in total. The van der Waals surface area contributed by atoms with Crippen molar-refractivity contribution in [2.75, 3.05) is 0 Å². The van der Waals surface area contributed by atoms with Gasteiger partial charge in [-0.25, -0.2) is 0 Å². The maximum atomic E-state index is 13.7. The lowest BCUT2D eigenvalue weighted by Crippen LogP contribution is -2.29. The van der Waals surface area contributed by atoms with Crippen LogP contribution in [-0.4, -0.2) is 17.0 Å². The van der Waals surface area contributed by atoms with Gasteiger partial charge in [-0.3, -0.25) is 9.59 Å². The highest BCUT2D eigenvalue weighted by atomic mass is 16.5. The molecule has 0 aliphatic rings. The fraction of sp³-hybridized carbons (Fsp3) is 0.226. The van der Waals surface area contributed by atoms with Crippen molar-refractivity contribution >= 4 is 22.6 Å². The summed E-state index contributed by atoms with van der Waals surface area (Å²) in [6, 6.07) is 29.1. The summed E-state index contributed by atoms with van der Waals surface area (Å²) in [5.41, 5.74) is 2.41. The van der Waals surface area contributed by atoms with E-state index in [2.05, 4.69) is 36.5 Å². The highest BCUT2D eigenvalue weighted by molar-refractivity contribution is 5.97. The minimum atomic E-state index is -0.844. The zero-order valence-electron chi connectivity index (χ0n) is 20.4. The largest absolute Gasteiger partial charge is 0.481 e. The summed E-state index contributed by atoms with van der Waals surface area (Å²) in [6.07, 6.45) is 2.71. The first-order valence-corrected chi connectivity index (χ1v) is 12.4. The summed E-state index contributed by atoms with van der Waals surface area (Å²) in [5.74, 6) is 0.210. The highest BCUT2D eigenvalue weighted by Crippen LogP contribution is 2.29. The Morgan fingerprint density at radius 3 is 2.42 bits per heavy atom. The van der Waals surface area contributed by atoms with Gasteiger partial charge >= 0.3 is 5.97 Å². The zero-order valence-corrected chi connectivity index (χ0v) is 20.4. The Hall–Kier alpha value is -4.12. The average Bonchev–Trinajstić information content (AvgIpc) is 2.89. The summed E-state index contributed by atoms with van der Waals surface area (Å²) in [6.45, 7) is 2.11. The third kappa shape index (κ3) is 6.30. The number of amides is 1. The van der Waals surface area contributed by atoms with Gasteiger partial charge in [0, 0.05) is 12.0 Å². The number of aryl methyl sites for hydroxylation is 1. The number of nitrogens with one attached hydrogen (secondary N) is 1. The lowest BCUT2D eigenvalue weighted by molar-refractivity contribution is -0.137. The summed E-state index contributed by atoms with van der Waals surface area (Å²) in [4.78, 5) is 24.7. The molecule has 36 heavy (non-hydrogen) atoms. The van der Waals surface area contributed by atoms with Crippen LogP contribution in [0, 0.1) is 0 Å². The number of aliphatic carboxylic acids is 1. The Labute approximate surface area is 211 Å². The van der Waals surface area contributed by atoms with Crippen molar-refractivity contribution in [3.8, 4) is 11.5 Å². The van der Waals surface area contributed by atoms with E-state index in [1.807, 2.05) is 60.7 Å². The molecule has 4 aromatic rings. The summed E-state index contributed by atoms with van der Waals surface area (Å²) in [5, 5.41) is 14.6. The van der Waals surface area contributed by atoms with Gasteiger partial charge in [-0.1, -0.05) is 80.1 Å². The van der Waals surface area contributed by atoms with Crippen molar-refractivity contribution in [3.05, 3.63) is 108 Å². The van der Waals surface area contributed by atoms with Gasteiger partial charge in [-0.15, -0.1) is 0 Å². The van der Waals surface area contributed by atoms with E-state index in [0.29, 0.717) is 29.9 Å². The fourth-order valence-electron chi connectivity index (χ4n) is 4.49. The second-order valence-electron chi connectivity index (χ2n) is 8.86. The van der Waals surface area contributed by atoms with Crippen molar-refractivity contribution in [2.24, 2.45) is 0 Å². The van der Waals surface area contributed by atoms with E-state index in [9.17, 15) is 9.59 Å². The van der Waals surface area contributed by atoms with Crippen LogP contribution in [0.4, 0.5) is 0 Å². The molecular weight excluding hydrogens is 450 g/mol. The Balaban J connectivity index is 1.64. The molecule has 1 unspecified atom stereocenters. The molecule has 0 aliphatic carbocycles. The third-order valence-electron chi connectivity index (χ3n) is 6.22. The van der Waals surface area contributed by atoms with E-state index in [0.717, 1.165) is 34.7 Å². The summed E-state index contributed by atoms with van der Waals surface area (Å²) >= 11 is 0. The van der Waals surface area contributed by atoms with E-state index in [1.54, 1.807) is 6.07 Å². The van der Waals surface area contributed by atoms with Crippen molar-refractivity contribution in [2.45, 2.75) is 45.1 Å². The monoisotopic (exact) mass is 481 g/mol. The Morgan fingerprint density at radius 1 is 0.889 bits per heavy atom. The predicted octanol–water partition coefficient (Wildman–Crippen LogP) is 7.31. The highest BCUT2D eigenvalue weighted by Gasteiger charge is 2.20. The number of fused-ring (bicyclic) bond motifs is 1. The quantitative estimate of drug-likeness (QED) is 0.235. The van der Waals surface area contributed by atoms with Crippen LogP contribution in [-0.2, 0) is 11.2 Å². The van der Waals surface area contributed by atoms with E-state index in [-0.39, 0.29) is 18.4 Å². The van der Waals surface area contributed by atoms with Crippen molar-refractivity contribution < 1.29 is 19.4 Å². The number of benzene rings is 4. The number of carboxylic acids is 1. The summed E-state index contributed by atoms with van der Waals surface area (Å²) in [7, 11) is 0. The molecule has 0 radical (unpaired) electrons. The molecule has 0 fully saturated rings. The van der Waals surface area contributed by atoms with E-state index < -0.39 is 5.97 Å². The first-order valence-electron chi connectivity index (χ1n) is 12.4. The van der Waals surface area contributed by atoms with Gasteiger partial charge in [-0.2, -0.15) is 0 Å². The first-order chi connectivity index (χ1) is 17.5. The number of para-hydroxylation sites is 1. The normalized spacial score (nSPS) is 11.7. The molecule has 0 aliphatic heterocycles.